The molecule has 0 unspecified atom stereocenters. The number of halogens is 1. The third-order valence-electron chi connectivity index (χ3n) is 6.25. The molecule has 0 bridgehead atoms. The molecule has 0 spiro atoms. The van der Waals surface area contributed by atoms with Crippen LogP contribution in [0.1, 0.15) is 19.0 Å². The van der Waals surface area contributed by atoms with Gasteiger partial charge in [0.15, 0.2) is 5.82 Å². The first-order chi connectivity index (χ1) is 17.5. The van der Waals surface area contributed by atoms with Gasteiger partial charge in [0, 0.05) is 43.4 Å². The fourth-order valence-electron chi connectivity index (χ4n) is 4.44. The maximum Gasteiger partial charge on any atom is 0.223 e. The Morgan fingerprint density at radius 3 is 2.64 bits per heavy atom. The molecule has 2 N–H and O–H groups in total. The van der Waals surface area contributed by atoms with E-state index in [9.17, 15) is 4.39 Å². The van der Waals surface area contributed by atoms with Crippen LogP contribution in [0, 0.1) is 11.2 Å². The van der Waals surface area contributed by atoms with E-state index in [1.165, 1.54) is 12.1 Å². The van der Waals surface area contributed by atoms with Crippen LogP contribution in [0.15, 0.2) is 49.2 Å². The van der Waals surface area contributed by atoms with E-state index in [4.69, 9.17) is 19.2 Å². The number of aromatic amines is 1. The molecule has 9 nitrogen and oxygen atoms in total. The van der Waals surface area contributed by atoms with Crippen molar-refractivity contribution in [3.05, 3.63) is 60.8 Å². The van der Waals surface area contributed by atoms with E-state index in [2.05, 4.69) is 38.7 Å². The van der Waals surface area contributed by atoms with E-state index in [0.717, 1.165) is 38.4 Å². The molecular formula is C26H31FN6O3. The van der Waals surface area contributed by atoms with Gasteiger partial charge in [-0.2, -0.15) is 0 Å². The maximum atomic E-state index is 13.6. The van der Waals surface area contributed by atoms with Crippen LogP contribution in [0.3, 0.4) is 0 Å². The fourth-order valence-corrected chi connectivity index (χ4v) is 4.44. The number of imidazole rings is 1. The molecule has 0 radical (unpaired) electrons. The van der Waals surface area contributed by atoms with Gasteiger partial charge in [0.25, 0.3) is 0 Å². The van der Waals surface area contributed by atoms with E-state index in [1.807, 2.05) is 0 Å². The first kappa shape index (κ1) is 24.5. The minimum Gasteiger partial charge on any atom is -0.379 e. The van der Waals surface area contributed by atoms with Crippen molar-refractivity contribution in [1.29, 1.82) is 0 Å². The molecule has 0 saturated carbocycles. The van der Waals surface area contributed by atoms with Crippen molar-refractivity contribution in [2.45, 2.75) is 13.2 Å². The number of hydrogen-bond donors (Lipinski definition) is 2. The zero-order valence-electron chi connectivity index (χ0n) is 20.4. The van der Waals surface area contributed by atoms with Crippen LogP contribution in [0.2, 0.25) is 0 Å². The second-order valence-corrected chi connectivity index (χ2v) is 9.44. The van der Waals surface area contributed by atoms with Crippen LogP contribution < -0.4 is 5.32 Å². The van der Waals surface area contributed by atoms with E-state index >= 15 is 0 Å². The Labute approximate surface area is 209 Å². The molecule has 0 amide bonds. The summed E-state index contributed by atoms with van der Waals surface area (Å²) < 4.78 is 31.4. The quantitative estimate of drug-likeness (QED) is 0.458. The van der Waals surface area contributed by atoms with Crippen LogP contribution in [-0.4, -0.2) is 77.4 Å². The highest BCUT2D eigenvalue weighted by Crippen LogP contribution is 2.36. The molecule has 0 aliphatic carbocycles. The highest BCUT2D eigenvalue weighted by atomic mass is 19.1. The summed E-state index contributed by atoms with van der Waals surface area (Å²) in [6, 6.07) is 8.01. The number of ether oxygens (including phenoxy) is 3. The summed E-state index contributed by atoms with van der Waals surface area (Å²) in [5, 5.41) is 3.10. The van der Waals surface area contributed by atoms with Crippen LogP contribution in [0.25, 0.3) is 22.6 Å². The second kappa shape index (κ2) is 10.8. The Hall–Kier alpha value is -3.18. The van der Waals surface area contributed by atoms with Crippen molar-refractivity contribution in [1.82, 2.24) is 24.8 Å². The van der Waals surface area contributed by atoms with Crippen LogP contribution in [0.4, 0.5) is 10.3 Å². The molecule has 4 heterocycles. The third kappa shape index (κ3) is 5.62. The normalized spacial score (nSPS) is 22.9. The molecule has 2 aliphatic heterocycles. The predicted molar refractivity (Wildman–Crippen MR) is 134 cm³/mol. The average molecular weight is 495 g/mol. The first-order valence-corrected chi connectivity index (χ1v) is 12.1. The number of anilines is 1. The summed E-state index contributed by atoms with van der Waals surface area (Å²) in [4.78, 5) is 19.4. The lowest BCUT2D eigenvalue weighted by molar-refractivity contribution is -0.237. The highest BCUT2D eigenvalue weighted by Gasteiger charge is 2.37. The summed E-state index contributed by atoms with van der Waals surface area (Å²) in [6.07, 6.45) is 2.77. The molecule has 2 aromatic heterocycles. The average Bonchev–Trinajstić information content (AvgIpc) is 3.34. The maximum absolute atomic E-state index is 13.6. The van der Waals surface area contributed by atoms with E-state index in [1.54, 1.807) is 30.5 Å². The standard InChI is InChI=1S/C26H31FN6O3/c1-3-9-28-25-29-10-8-20(30-25)22-21(18-4-6-19(27)7-5-18)31-23(32-22)24-35-16-26(2,17-36-24)15-33-11-13-34-14-12-33/h3-8,10,24H,1,9,11-17H2,2H3,(H,31,32)(H,28,29,30). The molecule has 0 atom stereocenters. The monoisotopic (exact) mass is 494 g/mol. The summed E-state index contributed by atoms with van der Waals surface area (Å²) in [5.74, 6) is 0.696. The molecular weight excluding hydrogens is 463 g/mol. The number of benzene rings is 1. The first-order valence-electron chi connectivity index (χ1n) is 12.1. The summed E-state index contributed by atoms with van der Waals surface area (Å²) >= 11 is 0. The Morgan fingerprint density at radius 1 is 1.17 bits per heavy atom. The van der Waals surface area contributed by atoms with Crippen molar-refractivity contribution in [2.24, 2.45) is 5.41 Å². The van der Waals surface area contributed by atoms with Crippen molar-refractivity contribution < 1.29 is 18.6 Å². The molecule has 3 aromatic rings. The number of H-pyrrole nitrogens is 1. The number of nitrogens with zero attached hydrogens (tertiary/aromatic N) is 4. The van der Waals surface area contributed by atoms with Gasteiger partial charge in [-0.05, 0) is 30.3 Å². The van der Waals surface area contributed by atoms with E-state index in [-0.39, 0.29) is 11.2 Å². The Kier molecular flexibility index (Phi) is 7.38. The zero-order valence-corrected chi connectivity index (χ0v) is 20.4. The summed E-state index contributed by atoms with van der Waals surface area (Å²) in [7, 11) is 0. The lowest BCUT2D eigenvalue weighted by Crippen LogP contribution is -2.48. The molecule has 1 aromatic carbocycles. The van der Waals surface area contributed by atoms with Gasteiger partial charge in [0.2, 0.25) is 12.2 Å². The third-order valence-corrected chi connectivity index (χ3v) is 6.25. The van der Waals surface area contributed by atoms with Crippen molar-refractivity contribution in [2.75, 3.05) is 57.9 Å². The van der Waals surface area contributed by atoms with E-state index in [0.29, 0.717) is 48.6 Å². The lowest BCUT2D eigenvalue weighted by Gasteiger charge is -2.40. The Morgan fingerprint density at radius 2 is 1.92 bits per heavy atom. The van der Waals surface area contributed by atoms with Crippen molar-refractivity contribution in [3.63, 3.8) is 0 Å². The second-order valence-electron chi connectivity index (χ2n) is 9.44. The number of hydrogen-bond acceptors (Lipinski definition) is 8. The molecule has 10 heteroatoms. The number of rotatable bonds is 8. The summed E-state index contributed by atoms with van der Waals surface area (Å²) in [5.41, 5.74) is 2.58. The number of nitrogens with one attached hydrogen (secondary N) is 2. The van der Waals surface area contributed by atoms with Gasteiger partial charge < -0.3 is 24.5 Å². The van der Waals surface area contributed by atoms with Crippen LogP contribution in [0.5, 0.6) is 0 Å². The smallest absolute Gasteiger partial charge is 0.223 e. The highest BCUT2D eigenvalue weighted by molar-refractivity contribution is 5.77. The molecule has 5 rings (SSSR count). The van der Waals surface area contributed by atoms with Crippen LogP contribution in [-0.2, 0) is 14.2 Å². The van der Waals surface area contributed by atoms with Crippen molar-refractivity contribution in [3.8, 4) is 22.6 Å². The SMILES string of the molecule is C=CCNc1nccc(-c2[nH]c(C3OCC(C)(CN4CCOCC4)CO3)nc2-c2ccc(F)cc2)n1. The van der Waals surface area contributed by atoms with E-state index < -0.39 is 6.29 Å². The van der Waals surface area contributed by atoms with Gasteiger partial charge in [0.05, 0.1) is 43.5 Å². The van der Waals surface area contributed by atoms with Crippen LogP contribution >= 0.6 is 0 Å². The number of aromatic nitrogens is 4. The minimum atomic E-state index is -0.643. The van der Waals surface area contributed by atoms with Gasteiger partial charge in [-0.3, -0.25) is 4.90 Å². The molecule has 190 valence electrons. The molecule has 2 aliphatic rings. The molecule has 2 fully saturated rings. The van der Waals surface area contributed by atoms with Crippen molar-refractivity contribution >= 4 is 5.95 Å². The Balaban J connectivity index is 1.39. The van der Waals surface area contributed by atoms with Gasteiger partial charge in [-0.15, -0.1) is 6.58 Å². The topological polar surface area (TPSA) is 97.4 Å². The Bertz CT molecular complexity index is 1170. The van der Waals surface area contributed by atoms with Gasteiger partial charge in [-0.25, -0.2) is 19.3 Å². The largest absolute Gasteiger partial charge is 0.379 e. The molecule has 36 heavy (non-hydrogen) atoms. The summed E-state index contributed by atoms with van der Waals surface area (Å²) in [6.45, 7) is 11.8. The minimum absolute atomic E-state index is 0.124. The van der Waals surface area contributed by atoms with Gasteiger partial charge >= 0.3 is 0 Å². The predicted octanol–water partition coefficient (Wildman–Crippen LogP) is 3.65. The zero-order chi connectivity index (χ0) is 25.0. The van der Waals surface area contributed by atoms with Gasteiger partial charge in [-0.1, -0.05) is 13.0 Å². The molecule has 2 saturated heterocycles. The fraction of sp³-hybridized carbons (Fsp3) is 0.423. The number of morpholine rings is 1. The van der Waals surface area contributed by atoms with Gasteiger partial charge in [0.1, 0.15) is 5.82 Å². The lowest BCUT2D eigenvalue weighted by atomic mass is 9.91.